The minimum Gasteiger partial charge on any atom is -0.326 e. The molecular formula is C17H13F3N4O. The summed E-state index contributed by atoms with van der Waals surface area (Å²) < 4.78 is 41.5. The Balaban J connectivity index is 1.76. The predicted octanol–water partition coefficient (Wildman–Crippen LogP) is 3.17. The van der Waals surface area contributed by atoms with E-state index in [4.69, 9.17) is 0 Å². The van der Waals surface area contributed by atoms with E-state index in [2.05, 4.69) is 15.5 Å². The molecule has 3 rings (SSSR count). The van der Waals surface area contributed by atoms with Crippen molar-refractivity contribution in [3.8, 4) is 5.69 Å². The molecule has 5 nitrogen and oxygen atoms in total. The van der Waals surface area contributed by atoms with Crippen molar-refractivity contribution in [2.45, 2.75) is 13.3 Å². The van der Waals surface area contributed by atoms with E-state index in [1.165, 1.54) is 6.33 Å². The molecule has 0 saturated carbocycles. The molecule has 2 aromatic carbocycles. The van der Waals surface area contributed by atoms with Crippen LogP contribution in [0.25, 0.3) is 5.69 Å². The highest BCUT2D eigenvalue weighted by molar-refractivity contribution is 5.92. The van der Waals surface area contributed by atoms with Crippen LogP contribution in [0.3, 0.4) is 0 Å². The summed E-state index contributed by atoms with van der Waals surface area (Å²) in [5, 5.41) is 10.3. The van der Waals surface area contributed by atoms with E-state index < -0.39 is 29.8 Å². The normalized spacial score (nSPS) is 10.7. The Morgan fingerprint density at radius 3 is 2.60 bits per heavy atom. The molecule has 0 unspecified atom stereocenters. The van der Waals surface area contributed by atoms with Gasteiger partial charge in [0.05, 0.1) is 12.1 Å². The molecule has 8 heteroatoms. The van der Waals surface area contributed by atoms with Crippen LogP contribution in [0.2, 0.25) is 0 Å². The summed E-state index contributed by atoms with van der Waals surface area (Å²) in [5.74, 6) is -3.34. The Morgan fingerprint density at radius 1 is 1.12 bits per heavy atom. The summed E-state index contributed by atoms with van der Waals surface area (Å²) >= 11 is 0. The minimum atomic E-state index is -1.29. The lowest BCUT2D eigenvalue weighted by Crippen LogP contribution is -2.16. The van der Waals surface area contributed by atoms with Gasteiger partial charge in [-0.2, -0.15) is 0 Å². The van der Waals surface area contributed by atoms with Gasteiger partial charge in [0, 0.05) is 17.3 Å². The molecule has 0 spiro atoms. The van der Waals surface area contributed by atoms with Gasteiger partial charge in [-0.1, -0.05) is 6.07 Å². The van der Waals surface area contributed by atoms with E-state index in [1.807, 2.05) is 0 Å². The first-order chi connectivity index (χ1) is 11.9. The van der Waals surface area contributed by atoms with Crippen molar-refractivity contribution in [2.75, 3.05) is 5.32 Å². The predicted molar refractivity (Wildman–Crippen MR) is 84.7 cm³/mol. The summed E-state index contributed by atoms with van der Waals surface area (Å²) in [6.07, 6.45) is 1.12. The zero-order valence-electron chi connectivity index (χ0n) is 13.1. The van der Waals surface area contributed by atoms with Gasteiger partial charge < -0.3 is 5.32 Å². The second-order valence-corrected chi connectivity index (χ2v) is 5.38. The number of amides is 1. The van der Waals surface area contributed by atoms with Gasteiger partial charge in [-0.05, 0) is 31.2 Å². The molecule has 0 saturated heterocycles. The van der Waals surface area contributed by atoms with Gasteiger partial charge in [0.2, 0.25) is 5.91 Å². The average molecular weight is 346 g/mol. The van der Waals surface area contributed by atoms with Crippen LogP contribution in [-0.2, 0) is 11.2 Å². The van der Waals surface area contributed by atoms with Gasteiger partial charge in [-0.3, -0.25) is 9.36 Å². The molecule has 25 heavy (non-hydrogen) atoms. The number of hydrogen-bond donors (Lipinski definition) is 1. The topological polar surface area (TPSA) is 59.8 Å². The minimum absolute atomic E-state index is 0.220. The molecule has 0 aliphatic heterocycles. The Kier molecular flexibility index (Phi) is 4.51. The smallest absolute Gasteiger partial charge is 0.228 e. The summed E-state index contributed by atoms with van der Waals surface area (Å²) in [6, 6.07) is 7.98. The van der Waals surface area contributed by atoms with Crippen LogP contribution >= 0.6 is 0 Å². The standard InChI is InChI=1S/C17H13F3N4O/c1-10-23-21-9-24(10)13-4-2-3-12(7-13)22-17(25)6-11-5-15(19)16(20)8-14(11)18/h2-5,7-9H,6H2,1H3,(H,22,25). The molecule has 1 N–H and O–H groups in total. The Morgan fingerprint density at radius 2 is 1.88 bits per heavy atom. The number of hydrogen-bond acceptors (Lipinski definition) is 3. The highest BCUT2D eigenvalue weighted by atomic mass is 19.2. The fourth-order valence-corrected chi connectivity index (χ4v) is 2.36. The number of anilines is 1. The van der Waals surface area contributed by atoms with Crippen LogP contribution in [0.4, 0.5) is 18.9 Å². The molecule has 1 aromatic heterocycles. The first-order valence-electron chi connectivity index (χ1n) is 7.34. The van der Waals surface area contributed by atoms with Crippen LogP contribution in [0.15, 0.2) is 42.7 Å². The molecule has 3 aromatic rings. The number of nitrogens with zero attached hydrogens (tertiary/aromatic N) is 3. The SMILES string of the molecule is Cc1nncn1-c1cccc(NC(=O)Cc2cc(F)c(F)cc2F)c1. The van der Waals surface area contributed by atoms with E-state index in [1.54, 1.807) is 35.8 Å². The van der Waals surface area contributed by atoms with Crippen LogP contribution in [0.1, 0.15) is 11.4 Å². The van der Waals surface area contributed by atoms with Gasteiger partial charge in [0.25, 0.3) is 0 Å². The Labute approximate surface area is 141 Å². The molecule has 0 bridgehead atoms. The lowest BCUT2D eigenvalue weighted by atomic mass is 10.1. The van der Waals surface area contributed by atoms with E-state index in [0.717, 1.165) is 5.69 Å². The molecule has 1 heterocycles. The average Bonchev–Trinajstić information content (AvgIpc) is 2.99. The maximum Gasteiger partial charge on any atom is 0.228 e. The maximum absolute atomic E-state index is 13.6. The van der Waals surface area contributed by atoms with Crippen molar-refractivity contribution in [2.24, 2.45) is 0 Å². The molecule has 128 valence electrons. The van der Waals surface area contributed by atoms with Crippen LogP contribution in [-0.4, -0.2) is 20.7 Å². The van der Waals surface area contributed by atoms with Crippen molar-refractivity contribution in [3.63, 3.8) is 0 Å². The first-order valence-corrected chi connectivity index (χ1v) is 7.34. The number of halogens is 3. The molecule has 0 fully saturated rings. The van der Waals surface area contributed by atoms with Crippen LogP contribution < -0.4 is 5.32 Å². The number of benzene rings is 2. The second kappa shape index (κ2) is 6.76. The number of aryl methyl sites for hydroxylation is 1. The van der Waals surface area contributed by atoms with Crippen molar-refractivity contribution in [1.29, 1.82) is 0 Å². The van der Waals surface area contributed by atoms with Gasteiger partial charge in [0.1, 0.15) is 18.0 Å². The largest absolute Gasteiger partial charge is 0.326 e. The Bertz CT molecular complexity index is 939. The number of nitrogens with one attached hydrogen (secondary N) is 1. The first kappa shape index (κ1) is 16.7. The van der Waals surface area contributed by atoms with Gasteiger partial charge >= 0.3 is 0 Å². The maximum atomic E-state index is 13.6. The third-order valence-electron chi connectivity index (χ3n) is 3.57. The number of rotatable bonds is 4. The van der Waals surface area contributed by atoms with Gasteiger partial charge in [-0.15, -0.1) is 10.2 Å². The highest BCUT2D eigenvalue weighted by Gasteiger charge is 2.13. The fraction of sp³-hybridized carbons (Fsp3) is 0.118. The summed E-state index contributed by atoms with van der Waals surface area (Å²) in [7, 11) is 0. The number of aromatic nitrogens is 3. The van der Waals surface area contributed by atoms with Crippen molar-refractivity contribution in [1.82, 2.24) is 14.8 Å². The highest BCUT2D eigenvalue weighted by Crippen LogP contribution is 2.18. The summed E-state index contributed by atoms with van der Waals surface area (Å²) in [5.41, 5.74) is 0.986. The molecule has 0 atom stereocenters. The summed E-state index contributed by atoms with van der Waals surface area (Å²) in [4.78, 5) is 12.1. The molecular weight excluding hydrogens is 333 g/mol. The van der Waals surface area contributed by atoms with Crippen molar-refractivity contribution < 1.29 is 18.0 Å². The van der Waals surface area contributed by atoms with Gasteiger partial charge in [0.15, 0.2) is 11.6 Å². The molecule has 1 amide bonds. The third kappa shape index (κ3) is 3.68. The number of carbonyl (C=O) groups excluding carboxylic acids is 1. The van der Waals surface area contributed by atoms with E-state index in [0.29, 0.717) is 23.6 Å². The molecule has 0 radical (unpaired) electrons. The van der Waals surface area contributed by atoms with Gasteiger partial charge in [-0.25, -0.2) is 13.2 Å². The van der Waals surface area contributed by atoms with Crippen LogP contribution in [0, 0.1) is 24.4 Å². The quantitative estimate of drug-likeness (QED) is 0.738. The van der Waals surface area contributed by atoms with Crippen LogP contribution in [0.5, 0.6) is 0 Å². The molecule has 0 aliphatic rings. The summed E-state index contributed by atoms with van der Waals surface area (Å²) in [6.45, 7) is 1.78. The second-order valence-electron chi connectivity index (χ2n) is 5.38. The van der Waals surface area contributed by atoms with E-state index in [9.17, 15) is 18.0 Å². The lowest BCUT2D eigenvalue weighted by Gasteiger charge is -2.09. The zero-order chi connectivity index (χ0) is 18.0. The zero-order valence-corrected chi connectivity index (χ0v) is 13.1. The third-order valence-corrected chi connectivity index (χ3v) is 3.57. The van der Waals surface area contributed by atoms with Crippen molar-refractivity contribution >= 4 is 11.6 Å². The lowest BCUT2D eigenvalue weighted by molar-refractivity contribution is -0.115. The van der Waals surface area contributed by atoms with E-state index in [-0.39, 0.29) is 5.56 Å². The van der Waals surface area contributed by atoms with E-state index >= 15 is 0 Å². The monoisotopic (exact) mass is 346 g/mol. The van der Waals surface area contributed by atoms with Crippen molar-refractivity contribution in [3.05, 3.63) is 71.6 Å². The molecule has 0 aliphatic carbocycles. The number of carbonyl (C=O) groups is 1. The fourth-order valence-electron chi connectivity index (χ4n) is 2.36. The Hall–Kier alpha value is -3.16.